The zero-order chi connectivity index (χ0) is 13.1. The van der Waals surface area contributed by atoms with Gasteiger partial charge in [-0.25, -0.2) is 0 Å². The SMILES string of the molecule is CCCCCCC(CCCC)C(C)OC(C)=O. The number of hydrogen-bond donors (Lipinski definition) is 0. The van der Waals surface area contributed by atoms with E-state index in [0.29, 0.717) is 5.92 Å². The molecular weight excluding hydrogens is 212 g/mol. The van der Waals surface area contributed by atoms with Gasteiger partial charge in [-0.05, 0) is 25.7 Å². The van der Waals surface area contributed by atoms with Crippen molar-refractivity contribution in [2.45, 2.75) is 85.2 Å². The van der Waals surface area contributed by atoms with Crippen molar-refractivity contribution >= 4 is 5.97 Å². The molecule has 0 rings (SSSR count). The Bertz CT molecular complexity index is 189. The average molecular weight is 242 g/mol. The Kier molecular flexibility index (Phi) is 10.3. The molecule has 2 unspecified atom stereocenters. The second-order valence-corrected chi connectivity index (χ2v) is 5.07. The predicted molar refractivity (Wildman–Crippen MR) is 73.0 cm³/mol. The average Bonchev–Trinajstić information content (AvgIpc) is 2.27. The van der Waals surface area contributed by atoms with E-state index in [1.54, 1.807) is 0 Å². The van der Waals surface area contributed by atoms with Gasteiger partial charge in [-0.15, -0.1) is 0 Å². The lowest BCUT2D eigenvalue weighted by Crippen LogP contribution is -2.23. The second kappa shape index (κ2) is 10.6. The molecule has 0 amide bonds. The van der Waals surface area contributed by atoms with E-state index in [4.69, 9.17) is 4.74 Å². The Morgan fingerprint density at radius 3 is 2.12 bits per heavy atom. The van der Waals surface area contributed by atoms with Gasteiger partial charge < -0.3 is 4.74 Å². The summed E-state index contributed by atoms with van der Waals surface area (Å²) in [5, 5.41) is 0. The van der Waals surface area contributed by atoms with Crippen LogP contribution >= 0.6 is 0 Å². The van der Waals surface area contributed by atoms with Gasteiger partial charge in [-0.3, -0.25) is 4.79 Å². The standard InChI is InChI=1S/C15H30O2/c1-5-7-9-10-12-15(11-8-6-2)13(3)17-14(4)16/h13,15H,5-12H2,1-4H3. The van der Waals surface area contributed by atoms with E-state index in [1.165, 1.54) is 58.3 Å². The minimum atomic E-state index is -0.146. The summed E-state index contributed by atoms with van der Waals surface area (Å²) in [5.41, 5.74) is 0. The fourth-order valence-electron chi connectivity index (χ4n) is 2.27. The van der Waals surface area contributed by atoms with Gasteiger partial charge in [0.15, 0.2) is 0 Å². The zero-order valence-corrected chi connectivity index (χ0v) is 12.1. The van der Waals surface area contributed by atoms with Crippen molar-refractivity contribution in [1.29, 1.82) is 0 Å². The number of esters is 1. The van der Waals surface area contributed by atoms with Crippen LogP contribution in [0.1, 0.15) is 79.1 Å². The smallest absolute Gasteiger partial charge is 0.302 e. The zero-order valence-electron chi connectivity index (χ0n) is 12.1. The molecule has 0 saturated heterocycles. The highest BCUT2D eigenvalue weighted by molar-refractivity contribution is 5.66. The Balaban J connectivity index is 3.97. The van der Waals surface area contributed by atoms with Crippen LogP contribution in [0.5, 0.6) is 0 Å². The number of ether oxygens (including phenoxy) is 1. The summed E-state index contributed by atoms with van der Waals surface area (Å²) in [6, 6.07) is 0. The van der Waals surface area contributed by atoms with Crippen LogP contribution < -0.4 is 0 Å². The maximum Gasteiger partial charge on any atom is 0.302 e. The first-order chi connectivity index (χ1) is 8.11. The summed E-state index contributed by atoms with van der Waals surface area (Å²) in [5.74, 6) is 0.406. The largest absolute Gasteiger partial charge is 0.463 e. The molecule has 0 fully saturated rings. The molecule has 0 aliphatic rings. The highest BCUT2D eigenvalue weighted by atomic mass is 16.5. The molecule has 0 aliphatic heterocycles. The molecular formula is C15H30O2. The van der Waals surface area contributed by atoms with E-state index in [9.17, 15) is 4.79 Å². The minimum Gasteiger partial charge on any atom is -0.463 e. The van der Waals surface area contributed by atoms with Gasteiger partial charge in [-0.1, -0.05) is 52.4 Å². The molecule has 0 spiro atoms. The first kappa shape index (κ1) is 16.5. The molecule has 0 aliphatic carbocycles. The lowest BCUT2D eigenvalue weighted by atomic mass is 9.91. The van der Waals surface area contributed by atoms with Crippen molar-refractivity contribution in [2.75, 3.05) is 0 Å². The molecule has 0 aromatic rings. The summed E-state index contributed by atoms with van der Waals surface area (Å²) >= 11 is 0. The summed E-state index contributed by atoms with van der Waals surface area (Å²) in [6.45, 7) is 7.99. The molecule has 17 heavy (non-hydrogen) atoms. The molecule has 2 heteroatoms. The van der Waals surface area contributed by atoms with Crippen LogP contribution in [-0.2, 0) is 9.53 Å². The molecule has 0 N–H and O–H groups in total. The van der Waals surface area contributed by atoms with E-state index < -0.39 is 0 Å². The molecule has 0 saturated carbocycles. The summed E-state index contributed by atoms with van der Waals surface area (Å²) in [6.07, 6.45) is 10.1. The molecule has 0 bridgehead atoms. The van der Waals surface area contributed by atoms with Gasteiger partial charge in [0.2, 0.25) is 0 Å². The van der Waals surface area contributed by atoms with Crippen LogP contribution in [-0.4, -0.2) is 12.1 Å². The summed E-state index contributed by atoms with van der Waals surface area (Å²) in [4.78, 5) is 11.0. The first-order valence-corrected chi connectivity index (χ1v) is 7.29. The van der Waals surface area contributed by atoms with E-state index >= 15 is 0 Å². The number of carbonyl (C=O) groups excluding carboxylic acids is 1. The summed E-state index contributed by atoms with van der Waals surface area (Å²) < 4.78 is 5.33. The molecule has 0 radical (unpaired) electrons. The van der Waals surface area contributed by atoms with Crippen molar-refractivity contribution in [3.05, 3.63) is 0 Å². The Labute approximate surface area is 107 Å². The molecule has 0 aromatic carbocycles. The maximum absolute atomic E-state index is 11.0. The molecule has 2 nitrogen and oxygen atoms in total. The monoisotopic (exact) mass is 242 g/mol. The van der Waals surface area contributed by atoms with Crippen LogP contribution in [0, 0.1) is 5.92 Å². The van der Waals surface area contributed by atoms with E-state index in [-0.39, 0.29) is 12.1 Å². The van der Waals surface area contributed by atoms with Crippen LogP contribution in [0.25, 0.3) is 0 Å². The van der Waals surface area contributed by atoms with Gasteiger partial charge in [0.1, 0.15) is 6.10 Å². The van der Waals surface area contributed by atoms with Crippen molar-refractivity contribution in [2.24, 2.45) is 5.92 Å². The van der Waals surface area contributed by atoms with Crippen molar-refractivity contribution < 1.29 is 9.53 Å². The normalized spacial score (nSPS) is 14.4. The molecule has 0 heterocycles. The van der Waals surface area contributed by atoms with E-state index in [0.717, 1.165) is 0 Å². The van der Waals surface area contributed by atoms with Crippen LogP contribution in [0.2, 0.25) is 0 Å². The third kappa shape index (κ3) is 9.20. The highest BCUT2D eigenvalue weighted by Gasteiger charge is 2.18. The van der Waals surface area contributed by atoms with Gasteiger partial charge in [-0.2, -0.15) is 0 Å². The lowest BCUT2D eigenvalue weighted by molar-refractivity contribution is -0.148. The Morgan fingerprint density at radius 1 is 1.00 bits per heavy atom. The number of rotatable bonds is 10. The topological polar surface area (TPSA) is 26.3 Å². The third-order valence-electron chi connectivity index (χ3n) is 3.37. The molecule has 102 valence electrons. The molecule has 2 atom stereocenters. The number of unbranched alkanes of at least 4 members (excludes halogenated alkanes) is 4. The maximum atomic E-state index is 11.0. The van der Waals surface area contributed by atoms with Gasteiger partial charge in [0.25, 0.3) is 0 Å². The van der Waals surface area contributed by atoms with Crippen molar-refractivity contribution in [3.8, 4) is 0 Å². The Morgan fingerprint density at radius 2 is 1.59 bits per heavy atom. The fourth-order valence-corrected chi connectivity index (χ4v) is 2.27. The van der Waals surface area contributed by atoms with Gasteiger partial charge in [0, 0.05) is 6.92 Å². The number of hydrogen-bond acceptors (Lipinski definition) is 2. The Hall–Kier alpha value is -0.530. The first-order valence-electron chi connectivity index (χ1n) is 7.29. The van der Waals surface area contributed by atoms with Crippen LogP contribution in [0.3, 0.4) is 0 Å². The van der Waals surface area contributed by atoms with E-state index in [1.807, 2.05) is 6.92 Å². The number of carbonyl (C=O) groups is 1. The van der Waals surface area contributed by atoms with Gasteiger partial charge in [0.05, 0.1) is 0 Å². The van der Waals surface area contributed by atoms with E-state index in [2.05, 4.69) is 13.8 Å². The quantitative estimate of drug-likeness (QED) is 0.409. The van der Waals surface area contributed by atoms with Crippen LogP contribution in [0.15, 0.2) is 0 Å². The van der Waals surface area contributed by atoms with Crippen molar-refractivity contribution in [3.63, 3.8) is 0 Å². The second-order valence-electron chi connectivity index (χ2n) is 5.07. The molecule has 0 aromatic heterocycles. The predicted octanol–water partition coefficient (Wildman–Crippen LogP) is 4.71. The lowest BCUT2D eigenvalue weighted by Gasteiger charge is -2.23. The van der Waals surface area contributed by atoms with Crippen molar-refractivity contribution in [1.82, 2.24) is 0 Å². The minimum absolute atomic E-state index is 0.0840. The summed E-state index contributed by atoms with van der Waals surface area (Å²) in [7, 11) is 0. The van der Waals surface area contributed by atoms with Gasteiger partial charge >= 0.3 is 5.97 Å². The van der Waals surface area contributed by atoms with Crippen LogP contribution in [0.4, 0.5) is 0 Å². The highest BCUT2D eigenvalue weighted by Crippen LogP contribution is 2.22. The third-order valence-corrected chi connectivity index (χ3v) is 3.37. The fraction of sp³-hybridized carbons (Fsp3) is 0.933.